The third kappa shape index (κ3) is 4.07. The number of carboxylic acid groups (broad SMARTS) is 1. The number of aromatic nitrogens is 4. The first-order chi connectivity index (χ1) is 18.2. The van der Waals surface area contributed by atoms with Crippen LogP contribution in [0.25, 0.3) is 44.3 Å². The van der Waals surface area contributed by atoms with E-state index in [2.05, 4.69) is 10.2 Å². The number of benzene rings is 2. The van der Waals surface area contributed by atoms with Crippen molar-refractivity contribution in [3.05, 3.63) is 71.5 Å². The van der Waals surface area contributed by atoms with E-state index in [1.54, 1.807) is 6.20 Å². The topological polar surface area (TPSA) is 110 Å². The van der Waals surface area contributed by atoms with Gasteiger partial charge in [-0.3, -0.25) is 10.1 Å². The molecule has 4 heterocycles. The number of fused-ring (bicyclic) bond motifs is 1. The average Bonchev–Trinajstić information content (AvgIpc) is 3.42. The predicted octanol–water partition coefficient (Wildman–Crippen LogP) is 6.02. The van der Waals surface area contributed by atoms with Crippen molar-refractivity contribution in [1.29, 1.82) is 0 Å². The van der Waals surface area contributed by atoms with Crippen molar-refractivity contribution >= 4 is 27.8 Å². The molecule has 192 valence electrons. The largest absolute Gasteiger partial charge is 0.493 e. The van der Waals surface area contributed by atoms with Crippen molar-refractivity contribution < 1.29 is 19.4 Å². The molecule has 0 bridgehead atoms. The van der Waals surface area contributed by atoms with Crippen LogP contribution in [0.3, 0.4) is 0 Å². The lowest BCUT2D eigenvalue weighted by Crippen LogP contribution is -2.28. The molecule has 1 aliphatic rings. The molecule has 0 saturated heterocycles. The van der Waals surface area contributed by atoms with Crippen molar-refractivity contribution in [3.63, 3.8) is 0 Å². The summed E-state index contributed by atoms with van der Waals surface area (Å²) in [6.45, 7) is 8.10. The fourth-order valence-corrected chi connectivity index (χ4v) is 5.29. The van der Waals surface area contributed by atoms with E-state index >= 15 is 0 Å². The summed E-state index contributed by atoms with van der Waals surface area (Å²) >= 11 is 0. The number of ether oxygens (including phenoxy) is 2. The van der Waals surface area contributed by atoms with E-state index in [0.717, 1.165) is 67.6 Å². The van der Waals surface area contributed by atoms with E-state index in [1.807, 2.05) is 76.4 Å². The van der Waals surface area contributed by atoms with E-state index in [4.69, 9.17) is 19.4 Å². The Morgan fingerprint density at radius 1 is 1.13 bits per heavy atom. The predicted molar refractivity (Wildman–Crippen MR) is 145 cm³/mol. The van der Waals surface area contributed by atoms with Crippen LogP contribution >= 0.6 is 0 Å². The van der Waals surface area contributed by atoms with E-state index < -0.39 is 17.7 Å². The van der Waals surface area contributed by atoms with Gasteiger partial charge in [-0.15, -0.1) is 0 Å². The number of nitrogens with zero attached hydrogens (tertiary/aromatic N) is 3. The van der Waals surface area contributed by atoms with E-state index in [9.17, 15) is 9.90 Å². The van der Waals surface area contributed by atoms with Gasteiger partial charge >= 0.3 is 5.97 Å². The standard InChI is InChI=1S/C30H28N4O4/c1-16-15-22-18(5-7-20(33-22)21-10-13-32-34-21)26(24(16)28(29(35)36)38-30(2,3)4)19-6-8-23-25-17(11-14-37-23)9-12-31-27(19)25/h5-10,12-13,15,28H,11,14H2,1-4H3,(H,32,34)(H,35,36). The number of hydrogen-bond donors (Lipinski definition) is 2. The first kappa shape index (κ1) is 24.1. The Balaban J connectivity index is 1.71. The van der Waals surface area contributed by atoms with Crippen LogP contribution in [-0.2, 0) is 16.0 Å². The second kappa shape index (κ2) is 8.92. The zero-order chi connectivity index (χ0) is 26.6. The van der Waals surface area contributed by atoms with Gasteiger partial charge in [-0.05, 0) is 86.8 Å². The molecule has 3 aromatic heterocycles. The number of H-pyrrole nitrogens is 1. The molecule has 0 saturated carbocycles. The third-order valence-corrected chi connectivity index (χ3v) is 6.81. The number of carboxylic acids is 1. The van der Waals surface area contributed by atoms with E-state index in [0.29, 0.717) is 12.2 Å². The first-order valence-corrected chi connectivity index (χ1v) is 12.6. The molecule has 5 aromatic rings. The van der Waals surface area contributed by atoms with Gasteiger partial charge in [-0.1, -0.05) is 0 Å². The molecule has 8 heteroatoms. The summed E-state index contributed by atoms with van der Waals surface area (Å²) < 4.78 is 12.1. The van der Waals surface area contributed by atoms with E-state index in [-0.39, 0.29) is 0 Å². The van der Waals surface area contributed by atoms with Gasteiger partial charge in [0.1, 0.15) is 5.75 Å². The maximum Gasteiger partial charge on any atom is 0.337 e. The number of pyridine rings is 2. The highest BCUT2D eigenvalue weighted by molar-refractivity contribution is 6.08. The first-order valence-electron chi connectivity index (χ1n) is 12.6. The second-order valence-electron chi connectivity index (χ2n) is 10.6. The number of rotatable bonds is 5. The van der Waals surface area contributed by atoms with Crippen LogP contribution in [0.4, 0.5) is 0 Å². The highest BCUT2D eigenvalue weighted by Gasteiger charge is 2.33. The van der Waals surface area contributed by atoms with Gasteiger partial charge in [0.15, 0.2) is 6.10 Å². The number of aromatic amines is 1. The average molecular weight is 509 g/mol. The van der Waals surface area contributed by atoms with Gasteiger partial charge in [-0.2, -0.15) is 5.10 Å². The van der Waals surface area contributed by atoms with Gasteiger partial charge in [0, 0.05) is 40.7 Å². The molecule has 0 radical (unpaired) electrons. The van der Waals surface area contributed by atoms with Crippen LogP contribution < -0.4 is 4.74 Å². The fraction of sp³-hybridized carbons (Fsp3) is 0.267. The van der Waals surface area contributed by atoms with Crippen LogP contribution in [0.5, 0.6) is 5.75 Å². The van der Waals surface area contributed by atoms with Crippen LogP contribution in [-0.4, -0.2) is 43.4 Å². The van der Waals surface area contributed by atoms with Crippen LogP contribution in [0.15, 0.2) is 54.9 Å². The quantitative estimate of drug-likeness (QED) is 0.298. The molecule has 2 N–H and O–H groups in total. The second-order valence-corrected chi connectivity index (χ2v) is 10.6. The van der Waals surface area contributed by atoms with E-state index in [1.165, 1.54) is 0 Å². The highest BCUT2D eigenvalue weighted by atomic mass is 16.5. The SMILES string of the molecule is Cc1cc2nc(-c3ccn[nH]3)ccc2c(-c2ccc3c4c(ccnc24)CCO3)c1C(OC(C)(C)C)C(=O)O. The summed E-state index contributed by atoms with van der Waals surface area (Å²) in [5.41, 5.74) is 6.47. The van der Waals surface area contributed by atoms with Gasteiger partial charge in [0.25, 0.3) is 0 Å². The van der Waals surface area contributed by atoms with Crippen molar-refractivity contribution in [2.24, 2.45) is 0 Å². The van der Waals surface area contributed by atoms with Crippen LogP contribution in [0, 0.1) is 6.92 Å². The molecule has 0 amide bonds. The summed E-state index contributed by atoms with van der Waals surface area (Å²) in [7, 11) is 0. The number of hydrogen-bond acceptors (Lipinski definition) is 6. The summed E-state index contributed by atoms with van der Waals surface area (Å²) in [5, 5.41) is 19.2. The van der Waals surface area contributed by atoms with Crippen molar-refractivity contribution in [3.8, 4) is 28.3 Å². The van der Waals surface area contributed by atoms with Gasteiger partial charge in [-0.25, -0.2) is 9.78 Å². The normalized spacial score (nSPS) is 14.0. The van der Waals surface area contributed by atoms with Crippen molar-refractivity contribution in [2.45, 2.75) is 45.8 Å². The molecule has 1 aliphatic heterocycles. The number of carbonyl (C=O) groups is 1. The Labute approximate surface area is 219 Å². The summed E-state index contributed by atoms with van der Waals surface area (Å²) in [4.78, 5) is 22.4. The highest BCUT2D eigenvalue weighted by Crippen LogP contribution is 2.45. The minimum Gasteiger partial charge on any atom is -0.493 e. The van der Waals surface area contributed by atoms with Gasteiger partial charge in [0.2, 0.25) is 0 Å². The Kier molecular flexibility index (Phi) is 5.65. The lowest BCUT2D eigenvalue weighted by molar-refractivity contribution is -0.160. The zero-order valence-corrected chi connectivity index (χ0v) is 21.7. The number of aliphatic carboxylic acids is 1. The molecule has 1 unspecified atom stereocenters. The summed E-state index contributed by atoms with van der Waals surface area (Å²) in [5.74, 6) is -0.262. The summed E-state index contributed by atoms with van der Waals surface area (Å²) in [6.07, 6.45) is 3.09. The number of aryl methyl sites for hydroxylation is 1. The molecule has 0 fully saturated rings. The molecule has 6 rings (SSSR count). The van der Waals surface area contributed by atoms with Crippen LogP contribution in [0.2, 0.25) is 0 Å². The third-order valence-electron chi connectivity index (χ3n) is 6.81. The Morgan fingerprint density at radius 3 is 2.71 bits per heavy atom. The maximum atomic E-state index is 12.7. The molecule has 0 aliphatic carbocycles. The molecule has 2 aromatic carbocycles. The Hall–Kier alpha value is -4.30. The van der Waals surface area contributed by atoms with Crippen molar-refractivity contribution in [2.75, 3.05) is 6.61 Å². The lowest BCUT2D eigenvalue weighted by atomic mass is 9.86. The molecule has 1 atom stereocenters. The molecule has 8 nitrogen and oxygen atoms in total. The monoisotopic (exact) mass is 508 g/mol. The minimum absolute atomic E-state index is 0.593. The minimum atomic E-state index is -1.19. The smallest absolute Gasteiger partial charge is 0.337 e. The van der Waals surface area contributed by atoms with Gasteiger partial charge in [0.05, 0.1) is 34.6 Å². The fourth-order valence-electron chi connectivity index (χ4n) is 5.29. The Morgan fingerprint density at radius 2 is 1.97 bits per heavy atom. The zero-order valence-electron chi connectivity index (χ0n) is 21.7. The summed E-state index contributed by atoms with van der Waals surface area (Å²) in [6, 6.07) is 13.6. The Bertz CT molecular complexity index is 1690. The van der Waals surface area contributed by atoms with Gasteiger partial charge < -0.3 is 14.6 Å². The number of nitrogens with one attached hydrogen (secondary N) is 1. The lowest BCUT2D eigenvalue weighted by Gasteiger charge is -2.29. The molecular weight excluding hydrogens is 480 g/mol. The molecular formula is C30H28N4O4. The molecule has 38 heavy (non-hydrogen) atoms. The molecule has 0 spiro atoms. The maximum absolute atomic E-state index is 12.7. The van der Waals surface area contributed by atoms with Crippen LogP contribution in [0.1, 0.15) is 43.6 Å². The van der Waals surface area contributed by atoms with Crippen molar-refractivity contribution in [1.82, 2.24) is 20.2 Å².